The molecule has 1 N–H and O–H groups in total. The molecule has 3 aromatic rings. The van der Waals surface area contributed by atoms with Gasteiger partial charge in [-0.1, -0.05) is 60.1 Å². The molecule has 0 aliphatic rings. The third kappa shape index (κ3) is 3.70. The van der Waals surface area contributed by atoms with Gasteiger partial charge in [-0.25, -0.2) is 0 Å². The highest BCUT2D eigenvalue weighted by Crippen LogP contribution is 2.38. The number of hydrogen-bond acceptors (Lipinski definition) is 3. The lowest BCUT2D eigenvalue weighted by Crippen LogP contribution is -2.28. The van der Waals surface area contributed by atoms with Gasteiger partial charge in [0, 0.05) is 24.4 Å². The van der Waals surface area contributed by atoms with Gasteiger partial charge in [-0.2, -0.15) is 0 Å². The van der Waals surface area contributed by atoms with Gasteiger partial charge < -0.3 is 10.1 Å². The maximum Gasteiger partial charge on any atom is 0.308 e. The van der Waals surface area contributed by atoms with E-state index >= 15 is 0 Å². The zero-order valence-corrected chi connectivity index (χ0v) is 15.2. The Bertz CT molecular complexity index is 984. The third-order valence-electron chi connectivity index (χ3n) is 4.04. The summed E-state index contributed by atoms with van der Waals surface area (Å²) in [5, 5.41) is 5.32. The van der Waals surface area contributed by atoms with Crippen LogP contribution < -0.4 is 10.1 Å². The zero-order chi connectivity index (χ0) is 18.7. The second-order valence-corrected chi connectivity index (χ2v) is 6.35. The van der Waals surface area contributed by atoms with Gasteiger partial charge in [0.1, 0.15) is 5.75 Å². The average Bonchev–Trinajstić information content (AvgIpc) is 2.60. The zero-order valence-electron chi connectivity index (χ0n) is 14.5. The van der Waals surface area contributed by atoms with Crippen molar-refractivity contribution in [3.05, 3.63) is 76.8 Å². The first-order valence-corrected chi connectivity index (χ1v) is 8.56. The number of hydrogen-bond donors (Lipinski definition) is 1. The smallest absolute Gasteiger partial charge is 0.308 e. The number of nitrogens with one attached hydrogen (secondary N) is 1. The summed E-state index contributed by atoms with van der Waals surface area (Å²) >= 11 is 6.40. The summed E-state index contributed by atoms with van der Waals surface area (Å²) in [5.74, 6) is -0.242. The molecule has 0 aliphatic carbocycles. The van der Waals surface area contributed by atoms with E-state index in [1.54, 1.807) is 12.1 Å². The van der Waals surface area contributed by atoms with Gasteiger partial charge in [-0.15, -0.1) is 0 Å². The van der Waals surface area contributed by atoms with Crippen molar-refractivity contribution in [3.8, 4) is 5.75 Å². The number of benzene rings is 3. The minimum Gasteiger partial charge on any atom is -0.426 e. The Kier molecular flexibility index (Phi) is 5.24. The van der Waals surface area contributed by atoms with Crippen molar-refractivity contribution < 1.29 is 14.3 Å². The highest BCUT2D eigenvalue weighted by atomic mass is 35.5. The van der Waals surface area contributed by atoms with Gasteiger partial charge in [0.05, 0.1) is 6.04 Å². The number of carbonyl (C=O) groups excluding carboxylic acids is 2. The quantitative estimate of drug-likeness (QED) is 0.539. The summed E-state index contributed by atoms with van der Waals surface area (Å²) in [4.78, 5) is 23.5. The number of rotatable bonds is 4. The van der Waals surface area contributed by atoms with E-state index in [-0.39, 0.29) is 5.91 Å². The summed E-state index contributed by atoms with van der Waals surface area (Å²) < 4.78 is 5.44. The van der Waals surface area contributed by atoms with Crippen molar-refractivity contribution in [3.63, 3.8) is 0 Å². The van der Waals surface area contributed by atoms with E-state index in [0.29, 0.717) is 16.3 Å². The Morgan fingerprint density at radius 2 is 1.65 bits per heavy atom. The van der Waals surface area contributed by atoms with E-state index in [4.69, 9.17) is 16.3 Å². The predicted molar refractivity (Wildman–Crippen MR) is 102 cm³/mol. The fourth-order valence-electron chi connectivity index (χ4n) is 3.04. The molecule has 1 atom stereocenters. The molecular weight excluding hydrogens is 350 g/mol. The van der Waals surface area contributed by atoms with Crippen LogP contribution in [0.5, 0.6) is 5.75 Å². The van der Waals surface area contributed by atoms with E-state index in [2.05, 4.69) is 5.32 Å². The molecule has 0 aliphatic heterocycles. The van der Waals surface area contributed by atoms with Crippen LogP contribution in [-0.4, -0.2) is 11.9 Å². The molecule has 0 saturated carbocycles. The predicted octanol–water partition coefficient (Wildman–Crippen LogP) is 4.64. The largest absolute Gasteiger partial charge is 0.426 e. The van der Waals surface area contributed by atoms with Crippen LogP contribution in [0.25, 0.3) is 10.8 Å². The fourth-order valence-corrected chi connectivity index (χ4v) is 3.28. The lowest BCUT2D eigenvalue weighted by atomic mass is 9.92. The normalized spacial score (nSPS) is 11.8. The van der Waals surface area contributed by atoms with Crippen LogP contribution in [0, 0.1) is 0 Å². The maximum atomic E-state index is 11.9. The number of fused-ring (bicyclic) bond motifs is 1. The number of halogens is 1. The first-order chi connectivity index (χ1) is 12.5. The SMILES string of the molecule is CC(=O)N[C@H](c1ccccc1Cl)c1c(OC(C)=O)ccc2ccccc12. The van der Waals surface area contributed by atoms with Crippen molar-refractivity contribution in [1.29, 1.82) is 0 Å². The molecule has 0 spiro atoms. The second-order valence-electron chi connectivity index (χ2n) is 5.95. The monoisotopic (exact) mass is 367 g/mol. The van der Waals surface area contributed by atoms with Crippen molar-refractivity contribution in [1.82, 2.24) is 5.32 Å². The number of amides is 1. The molecule has 0 heterocycles. The Hall–Kier alpha value is -2.85. The van der Waals surface area contributed by atoms with Crippen LogP contribution in [-0.2, 0) is 9.59 Å². The highest BCUT2D eigenvalue weighted by Gasteiger charge is 2.24. The van der Waals surface area contributed by atoms with Gasteiger partial charge in [0.2, 0.25) is 5.91 Å². The molecule has 132 valence electrons. The number of ether oxygens (including phenoxy) is 1. The first-order valence-electron chi connectivity index (χ1n) is 8.19. The molecule has 0 unspecified atom stereocenters. The van der Waals surface area contributed by atoms with Crippen LogP contribution in [0.1, 0.15) is 31.0 Å². The number of carbonyl (C=O) groups is 2. The molecule has 3 aromatic carbocycles. The molecular formula is C21H18ClNO3. The van der Waals surface area contributed by atoms with Crippen LogP contribution in [0.15, 0.2) is 60.7 Å². The lowest BCUT2D eigenvalue weighted by molar-refractivity contribution is -0.131. The summed E-state index contributed by atoms with van der Waals surface area (Å²) in [7, 11) is 0. The van der Waals surface area contributed by atoms with Crippen LogP contribution in [0.3, 0.4) is 0 Å². The van der Waals surface area contributed by atoms with Gasteiger partial charge in [-0.3, -0.25) is 9.59 Å². The minimum absolute atomic E-state index is 0.211. The van der Waals surface area contributed by atoms with Gasteiger partial charge >= 0.3 is 5.97 Å². The van der Waals surface area contributed by atoms with E-state index in [1.165, 1.54) is 13.8 Å². The average molecular weight is 368 g/mol. The summed E-state index contributed by atoms with van der Waals surface area (Å²) in [6.45, 7) is 2.79. The maximum absolute atomic E-state index is 11.9. The van der Waals surface area contributed by atoms with Crippen molar-refractivity contribution >= 4 is 34.2 Å². The molecule has 1 amide bonds. The molecule has 26 heavy (non-hydrogen) atoms. The van der Waals surface area contributed by atoms with Crippen LogP contribution in [0.2, 0.25) is 5.02 Å². The van der Waals surface area contributed by atoms with Gasteiger partial charge in [-0.05, 0) is 28.5 Å². The van der Waals surface area contributed by atoms with E-state index in [0.717, 1.165) is 16.3 Å². The number of esters is 1. The molecule has 5 heteroatoms. The Balaban J connectivity index is 2.31. The molecule has 4 nitrogen and oxygen atoms in total. The van der Waals surface area contributed by atoms with Crippen LogP contribution >= 0.6 is 11.6 Å². The molecule has 0 saturated heterocycles. The van der Waals surface area contributed by atoms with Crippen LogP contribution in [0.4, 0.5) is 0 Å². The first kappa shape index (κ1) is 18.0. The summed E-state index contributed by atoms with van der Waals surface area (Å²) in [6, 6.07) is 18.1. The standard InChI is InChI=1S/C21H18ClNO3/c1-13(24)23-21(17-9-5-6-10-18(17)22)20-16-8-4-3-7-15(16)11-12-19(20)26-14(2)25/h3-12,21H,1-2H3,(H,23,24)/t21-/m1/s1. The van der Waals surface area contributed by atoms with E-state index < -0.39 is 12.0 Å². The molecule has 0 fully saturated rings. The van der Waals surface area contributed by atoms with Crippen molar-refractivity contribution in [2.24, 2.45) is 0 Å². The summed E-state index contributed by atoms with van der Waals surface area (Å²) in [5.41, 5.74) is 1.43. The fraction of sp³-hybridized carbons (Fsp3) is 0.143. The lowest BCUT2D eigenvalue weighted by Gasteiger charge is -2.24. The Morgan fingerprint density at radius 1 is 0.962 bits per heavy atom. The Morgan fingerprint density at radius 3 is 2.35 bits per heavy atom. The third-order valence-corrected chi connectivity index (χ3v) is 4.38. The van der Waals surface area contributed by atoms with E-state index in [9.17, 15) is 9.59 Å². The molecule has 0 aromatic heterocycles. The molecule has 3 rings (SSSR count). The summed E-state index contributed by atoms with van der Waals surface area (Å²) in [6.07, 6.45) is 0. The Labute approximate surface area is 156 Å². The van der Waals surface area contributed by atoms with E-state index in [1.807, 2.05) is 48.5 Å². The van der Waals surface area contributed by atoms with Crippen molar-refractivity contribution in [2.75, 3.05) is 0 Å². The molecule has 0 bridgehead atoms. The van der Waals surface area contributed by atoms with Gasteiger partial charge in [0.25, 0.3) is 0 Å². The minimum atomic E-state index is -0.554. The topological polar surface area (TPSA) is 55.4 Å². The second kappa shape index (κ2) is 7.58. The molecule has 0 radical (unpaired) electrons. The van der Waals surface area contributed by atoms with Crippen molar-refractivity contribution in [2.45, 2.75) is 19.9 Å². The highest BCUT2D eigenvalue weighted by molar-refractivity contribution is 6.31. The van der Waals surface area contributed by atoms with Gasteiger partial charge in [0.15, 0.2) is 0 Å².